The molecule has 27 heavy (non-hydrogen) atoms. The first kappa shape index (κ1) is 19.3. The van der Waals surface area contributed by atoms with Gasteiger partial charge >= 0.3 is 5.97 Å². The lowest BCUT2D eigenvalue weighted by atomic mass is 10.1. The number of rotatable bonds is 7. The number of aromatic nitrogens is 1. The van der Waals surface area contributed by atoms with E-state index < -0.39 is 5.97 Å². The molecule has 2 aromatic rings. The second-order valence-electron chi connectivity index (χ2n) is 7.19. The van der Waals surface area contributed by atoms with Gasteiger partial charge in [0.15, 0.2) is 5.78 Å². The number of Topliss-reactive ketones (excluding diaryl/α,β-unsaturated/α-hetero) is 1. The third kappa shape index (κ3) is 4.64. The van der Waals surface area contributed by atoms with Crippen LogP contribution in [0, 0.1) is 6.92 Å². The lowest BCUT2D eigenvalue weighted by molar-refractivity contribution is -0.137. The monoisotopic (exact) mass is 369 g/mol. The summed E-state index contributed by atoms with van der Waals surface area (Å²) in [7, 11) is 2.10. The number of carboxylic acids is 1. The van der Waals surface area contributed by atoms with E-state index in [9.17, 15) is 9.59 Å². The molecule has 0 saturated carbocycles. The van der Waals surface area contributed by atoms with Gasteiger partial charge in [0.2, 0.25) is 0 Å². The maximum atomic E-state index is 13.0. The molecule has 1 aliphatic heterocycles. The van der Waals surface area contributed by atoms with Crippen LogP contribution < -0.4 is 0 Å². The second-order valence-corrected chi connectivity index (χ2v) is 7.19. The Balaban J connectivity index is 1.86. The van der Waals surface area contributed by atoms with Crippen molar-refractivity contribution in [2.24, 2.45) is 0 Å². The molecule has 3 rings (SSSR count). The van der Waals surface area contributed by atoms with Gasteiger partial charge in [0.25, 0.3) is 0 Å². The molecule has 0 spiro atoms. The van der Waals surface area contributed by atoms with Crippen molar-refractivity contribution in [1.82, 2.24) is 14.4 Å². The van der Waals surface area contributed by atoms with Crippen LogP contribution in [0.2, 0.25) is 0 Å². The van der Waals surface area contributed by atoms with Crippen molar-refractivity contribution in [1.29, 1.82) is 0 Å². The second kappa shape index (κ2) is 8.50. The van der Waals surface area contributed by atoms with Gasteiger partial charge in [-0.05, 0) is 25.6 Å². The summed E-state index contributed by atoms with van der Waals surface area (Å²) in [4.78, 5) is 28.5. The largest absolute Gasteiger partial charge is 0.481 e. The van der Waals surface area contributed by atoms with Crippen molar-refractivity contribution < 1.29 is 14.7 Å². The summed E-state index contributed by atoms with van der Waals surface area (Å²) in [5, 5.41) is 9.09. The van der Waals surface area contributed by atoms with Crippen LogP contribution in [-0.2, 0) is 11.3 Å². The average molecular weight is 369 g/mol. The van der Waals surface area contributed by atoms with E-state index in [2.05, 4.69) is 16.8 Å². The van der Waals surface area contributed by atoms with Crippen molar-refractivity contribution in [3.8, 4) is 11.3 Å². The van der Waals surface area contributed by atoms with E-state index in [1.165, 1.54) is 0 Å². The maximum absolute atomic E-state index is 13.0. The van der Waals surface area contributed by atoms with E-state index in [0.29, 0.717) is 18.7 Å². The lowest BCUT2D eigenvalue weighted by Crippen LogP contribution is -2.46. The first-order valence-electron chi connectivity index (χ1n) is 9.37. The number of carbonyl (C=O) groups is 2. The molecule has 1 aromatic heterocycles. The van der Waals surface area contributed by atoms with Gasteiger partial charge in [-0.15, -0.1) is 0 Å². The fraction of sp³-hybridized carbons (Fsp3) is 0.429. The van der Waals surface area contributed by atoms with Crippen LogP contribution in [-0.4, -0.2) is 71.0 Å². The standard InChI is InChI=1S/C21H27N3O3/c1-16-18(20(25)15-23-12-10-22(2)11-13-23)14-19(17-6-4-3-5-7-17)24(16)9-8-21(26)27/h3-7,14H,8-13,15H2,1-2H3,(H,26,27). The zero-order valence-corrected chi connectivity index (χ0v) is 16.0. The van der Waals surface area contributed by atoms with E-state index in [0.717, 1.165) is 43.1 Å². The van der Waals surface area contributed by atoms with Gasteiger partial charge in [0.1, 0.15) is 0 Å². The summed E-state index contributed by atoms with van der Waals surface area (Å²) in [5.74, 6) is -0.740. The van der Waals surface area contributed by atoms with Crippen LogP contribution in [0.5, 0.6) is 0 Å². The summed E-state index contributed by atoms with van der Waals surface area (Å²) in [6, 6.07) is 11.7. The molecular formula is C21H27N3O3. The SMILES string of the molecule is Cc1c(C(=O)CN2CCN(C)CC2)cc(-c2ccccc2)n1CCC(=O)O. The molecule has 0 radical (unpaired) electrons. The van der Waals surface area contributed by atoms with Crippen LogP contribution in [0.25, 0.3) is 11.3 Å². The Bertz CT molecular complexity index is 806. The Hall–Kier alpha value is -2.44. The molecule has 0 aliphatic carbocycles. The normalized spacial score (nSPS) is 15.8. The van der Waals surface area contributed by atoms with E-state index in [4.69, 9.17) is 5.11 Å². The van der Waals surface area contributed by atoms with Crippen LogP contribution in [0.1, 0.15) is 22.5 Å². The number of nitrogens with zero attached hydrogens (tertiary/aromatic N) is 3. The Labute approximate surface area is 160 Å². The summed E-state index contributed by atoms with van der Waals surface area (Å²) in [5.41, 5.74) is 3.42. The predicted octanol–water partition coefficient (Wildman–Crippen LogP) is 2.37. The number of piperazine rings is 1. The van der Waals surface area contributed by atoms with Gasteiger partial charge in [-0.3, -0.25) is 14.5 Å². The Kier molecular flexibility index (Phi) is 6.08. The molecule has 1 N–H and O–H groups in total. The summed E-state index contributed by atoms with van der Waals surface area (Å²) in [6.07, 6.45) is 0.0292. The number of benzene rings is 1. The van der Waals surface area contributed by atoms with Crippen LogP contribution in [0.4, 0.5) is 0 Å². The highest BCUT2D eigenvalue weighted by atomic mass is 16.4. The van der Waals surface area contributed by atoms with Gasteiger partial charge in [0.05, 0.1) is 13.0 Å². The van der Waals surface area contributed by atoms with Crippen molar-refractivity contribution in [2.45, 2.75) is 19.9 Å². The first-order valence-corrected chi connectivity index (χ1v) is 9.37. The number of carbonyl (C=O) groups excluding carboxylic acids is 1. The molecular weight excluding hydrogens is 342 g/mol. The van der Waals surface area contributed by atoms with E-state index >= 15 is 0 Å². The molecule has 1 aliphatic rings. The topological polar surface area (TPSA) is 65.8 Å². The van der Waals surface area contributed by atoms with Crippen molar-refractivity contribution >= 4 is 11.8 Å². The molecule has 1 saturated heterocycles. The molecule has 1 fully saturated rings. The number of hydrogen-bond acceptors (Lipinski definition) is 4. The molecule has 0 atom stereocenters. The molecule has 144 valence electrons. The van der Waals surface area contributed by atoms with Crippen LogP contribution in [0.15, 0.2) is 36.4 Å². The minimum atomic E-state index is -0.840. The number of aliphatic carboxylic acids is 1. The molecule has 1 aromatic carbocycles. The number of hydrogen-bond donors (Lipinski definition) is 1. The van der Waals surface area contributed by atoms with E-state index in [1.54, 1.807) is 0 Å². The highest BCUT2D eigenvalue weighted by molar-refractivity contribution is 6.00. The lowest BCUT2D eigenvalue weighted by Gasteiger charge is -2.31. The average Bonchev–Trinajstić information content (AvgIpc) is 2.99. The maximum Gasteiger partial charge on any atom is 0.305 e. The summed E-state index contributed by atoms with van der Waals surface area (Å²) in [6.45, 7) is 6.41. The molecule has 0 unspecified atom stereocenters. The van der Waals surface area contributed by atoms with Crippen LogP contribution >= 0.6 is 0 Å². The first-order chi connectivity index (χ1) is 13.0. The van der Waals surface area contributed by atoms with Crippen molar-refractivity contribution in [2.75, 3.05) is 39.8 Å². The van der Waals surface area contributed by atoms with Gasteiger partial charge in [-0.25, -0.2) is 0 Å². The van der Waals surface area contributed by atoms with Gasteiger partial charge in [-0.1, -0.05) is 30.3 Å². The zero-order valence-electron chi connectivity index (χ0n) is 16.0. The third-order valence-corrected chi connectivity index (χ3v) is 5.25. The van der Waals surface area contributed by atoms with Crippen molar-refractivity contribution in [3.63, 3.8) is 0 Å². The minimum absolute atomic E-state index is 0.0292. The molecule has 2 heterocycles. The third-order valence-electron chi connectivity index (χ3n) is 5.25. The molecule has 6 heteroatoms. The summed E-state index contributed by atoms with van der Waals surface area (Å²) < 4.78 is 1.96. The Morgan fingerprint density at radius 1 is 1.07 bits per heavy atom. The number of ketones is 1. The number of carboxylic acid groups (broad SMARTS) is 1. The molecule has 6 nitrogen and oxygen atoms in total. The Morgan fingerprint density at radius 3 is 2.37 bits per heavy atom. The van der Waals surface area contributed by atoms with E-state index in [1.807, 2.05) is 47.9 Å². The predicted molar refractivity (Wildman–Crippen MR) is 105 cm³/mol. The van der Waals surface area contributed by atoms with Crippen molar-refractivity contribution in [3.05, 3.63) is 47.7 Å². The quantitative estimate of drug-likeness (QED) is 0.759. The number of likely N-dealkylation sites (N-methyl/N-ethyl adjacent to an activating group) is 1. The smallest absolute Gasteiger partial charge is 0.305 e. The fourth-order valence-electron chi connectivity index (χ4n) is 3.57. The molecule has 0 bridgehead atoms. The highest BCUT2D eigenvalue weighted by Crippen LogP contribution is 2.27. The van der Waals surface area contributed by atoms with Gasteiger partial charge < -0.3 is 14.6 Å². The van der Waals surface area contributed by atoms with Gasteiger partial charge in [0, 0.05) is 49.7 Å². The van der Waals surface area contributed by atoms with Crippen LogP contribution in [0.3, 0.4) is 0 Å². The van der Waals surface area contributed by atoms with Gasteiger partial charge in [-0.2, -0.15) is 0 Å². The molecule has 0 amide bonds. The minimum Gasteiger partial charge on any atom is -0.481 e. The Morgan fingerprint density at radius 2 is 1.74 bits per heavy atom. The van der Waals surface area contributed by atoms with E-state index in [-0.39, 0.29) is 12.2 Å². The highest BCUT2D eigenvalue weighted by Gasteiger charge is 2.22. The summed E-state index contributed by atoms with van der Waals surface area (Å²) >= 11 is 0. The zero-order chi connectivity index (χ0) is 19.4. The fourth-order valence-corrected chi connectivity index (χ4v) is 3.57.